The van der Waals surface area contributed by atoms with Crippen LogP contribution < -0.4 is 19.3 Å². The van der Waals surface area contributed by atoms with Crippen LogP contribution in [0.1, 0.15) is 0 Å². The smallest absolute Gasteiger partial charge is 0.238 e. The van der Waals surface area contributed by atoms with E-state index < -0.39 is 15.8 Å². The summed E-state index contributed by atoms with van der Waals surface area (Å²) in [5.41, 5.74) is 2.97. The van der Waals surface area contributed by atoms with Crippen molar-refractivity contribution >= 4 is 10.0 Å². The van der Waals surface area contributed by atoms with Crippen LogP contribution >= 0.6 is 0 Å². The number of rotatable bonds is 4. The van der Waals surface area contributed by atoms with Crippen LogP contribution in [0.4, 0.5) is 4.39 Å². The number of halogens is 1. The Labute approximate surface area is 161 Å². The molecule has 144 valence electrons. The maximum Gasteiger partial charge on any atom is 0.238 e. The minimum atomic E-state index is -3.79. The Morgan fingerprint density at radius 1 is 0.929 bits per heavy atom. The second-order valence-electron chi connectivity index (χ2n) is 6.17. The molecular weight excluding hydrogens is 385 g/mol. The van der Waals surface area contributed by atoms with Gasteiger partial charge in [-0.3, -0.25) is 0 Å². The van der Waals surface area contributed by atoms with Gasteiger partial charge in [0.2, 0.25) is 16.8 Å². The molecule has 6 nitrogen and oxygen atoms in total. The molecule has 28 heavy (non-hydrogen) atoms. The zero-order valence-electron chi connectivity index (χ0n) is 14.8. The highest BCUT2D eigenvalue weighted by Gasteiger charge is 2.20. The lowest BCUT2D eigenvalue weighted by molar-refractivity contribution is 0.174. The Balaban J connectivity index is 1.90. The molecule has 0 aliphatic carbocycles. The maximum atomic E-state index is 13.8. The van der Waals surface area contributed by atoms with Gasteiger partial charge >= 0.3 is 0 Å². The lowest BCUT2D eigenvalue weighted by atomic mass is 9.93. The number of ether oxygens (including phenoxy) is 3. The Kier molecular flexibility index (Phi) is 4.44. The SMILES string of the molecule is COc1cc(-c2cc3c(cc2-c2ccc(S(N)(=O)=O)cc2)OCO3)ccc1F. The molecule has 0 spiro atoms. The van der Waals surface area contributed by atoms with Gasteiger partial charge in [0.15, 0.2) is 23.1 Å². The van der Waals surface area contributed by atoms with Gasteiger partial charge in [0.25, 0.3) is 0 Å². The first-order chi connectivity index (χ1) is 13.4. The van der Waals surface area contributed by atoms with Gasteiger partial charge in [0.05, 0.1) is 12.0 Å². The minimum absolute atomic E-state index is 0.0157. The van der Waals surface area contributed by atoms with E-state index in [1.54, 1.807) is 36.4 Å². The fourth-order valence-electron chi connectivity index (χ4n) is 3.07. The average molecular weight is 401 g/mol. The van der Waals surface area contributed by atoms with Crippen LogP contribution in [-0.2, 0) is 10.0 Å². The summed E-state index contributed by atoms with van der Waals surface area (Å²) < 4.78 is 52.9. The van der Waals surface area contributed by atoms with Crippen LogP contribution in [0, 0.1) is 5.82 Å². The molecule has 0 saturated carbocycles. The van der Waals surface area contributed by atoms with Gasteiger partial charge in [-0.25, -0.2) is 17.9 Å². The molecule has 0 unspecified atom stereocenters. The van der Waals surface area contributed by atoms with E-state index in [9.17, 15) is 12.8 Å². The quantitative estimate of drug-likeness (QED) is 0.722. The second kappa shape index (κ2) is 6.81. The van der Waals surface area contributed by atoms with Crippen LogP contribution in [0.3, 0.4) is 0 Å². The predicted octanol–water partition coefficient (Wildman–Crippen LogP) is 3.54. The van der Waals surface area contributed by atoms with Gasteiger partial charge in [-0.05, 0) is 58.7 Å². The van der Waals surface area contributed by atoms with Gasteiger partial charge in [-0.15, -0.1) is 0 Å². The summed E-state index contributed by atoms with van der Waals surface area (Å²) >= 11 is 0. The summed E-state index contributed by atoms with van der Waals surface area (Å²) in [4.78, 5) is 0.0157. The standard InChI is InChI=1S/C20H16FNO5S/c1-25-18-8-13(4-7-17(18)21)16-10-20-19(26-11-27-20)9-15(16)12-2-5-14(6-3-12)28(22,23)24/h2-10H,11H2,1H3,(H2,22,23,24). The molecule has 1 aliphatic heterocycles. The monoisotopic (exact) mass is 401 g/mol. The molecule has 0 fully saturated rings. The Bertz CT molecular complexity index is 1160. The predicted molar refractivity (Wildman–Crippen MR) is 101 cm³/mol. The number of hydrogen-bond donors (Lipinski definition) is 1. The van der Waals surface area contributed by atoms with E-state index in [4.69, 9.17) is 19.3 Å². The van der Waals surface area contributed by atoms with Crippen molar-refractivity contribution in [2.75, 3.05) is 13.9 Å². The highest BCUT2D eigenvalue weighted by Crippen LogP contribution is 2.43. The first kappa shape index (κ1) is 18.3. The van der Waals surface area contributed by atoms with E-state index >= 15 is 0 Å². The lowest BCUT2D eigenvalue weighted by Gasteiger charge is -2.13. The molecule has 0 aromatic heterocycles. The molecular formula is C20H16FNO5S. The summed E-state index contributed by atoms with van der Waals surface area (Å²) in [5.74, 6) is 0.795. The van der Waals surface area contributed by atoms with E-state index in [-0.39, 0.29) is 17.4 Å². The summed E-state index contributed by atoms with van der Waals surface area (Å²) in [7, 11) is -2.39. The summed E-state index contributed by atoms with van der Waals surface area (Å²) in [6.07, 6.45) is 0. The molecule has 0 radical (unpaired) electrons. The molecule has 8 heteroatoms. The third-order valence-corrected chi connectivity index (χ3v) is 5.40. The van der Waals surface area contributed by atoms with Crippen LogP contribution in [0.15, 0.2) is 59.5 Å². The molecule has 1 aliphatic rings. The van der Waals surface area contributed by atoms with Crippen molar-refractivity contribution < 1.29 is 27.0 Å². The van der Waals surface area contributed by atoms with Gasteiger partial charge in [0, 0.05) is 0 Å². The Hall–Kier alpha value is -3.10. The molecule has 4 rings (SSSR count). The Morgan fingerprint density at radius 2 is 1.50 bits per heavy atom. The number of hydrogen-bond acceptors (Lipinski definition) is 5. The number of fused-ring (bicyclic) bond motifs is 1. The maximum absolute atomic E-state index is 13.8. The zero-order chi connectivity index (χ0) is 19.9. The van der Waals surface area contributed by atoms with Gasteiger partial charge in [-0.1, -0.05) is 18.2 Å². The first-order valence-corrected chi connectivity index (χ1v) is 9.82. The number of sulfonamides is 1. The van der Waals surface area contributed by atoms with E-state index in [1.807, 2.05) is 0 Å². The molecule has 0 amide bonds. The zero-order valence-corrected chi connectivity index (χ0v) is 15.6. The van der Waals surface area contributed by atoms with Crippen molar-refractivity contribution in [3.63, 3.8) is 0 Å². The number of benzene rings is 3. The minimum Gasteiger partial charge on any atom is -0.494 e. The largest absolute Gasteiger partial charge is 0.494 e. The highest BCUT2D eigenvalue weighted by molar-refractivity contribution is 7.89. The van der Waals surface area contributed by atoms with E-state index in [0.29, 0.717) is 17.1 Å². The van der Waals surface area contributed by atoms with Crippen molar-refractivity contribution in [1.29, 1.82) is 0 Å². The molecule has 3 aromatic carbocycles. The highest BCUT2D eigenvalue weighted by atomic mass is 32.2. The van der Waals surface area contributed by atoms with Gasteiger partial charge in [0.1, 0.15) is 0 Å². The van der Waals surface area contributed by atoms with Crippen molar-refractivity contribution in [3.05, 3.63) is 60.4 Å². The van der Waals surface area contributed by atoms with Crippen molar-refractivity contribution in [3.8, 4) is 39.5 Å². The number of nitrogens with two attached hydrogens (primary N) is 1. The van der Waals surface area contributed by atoms with Crippen molar-refractivity contribution in [2.45, 2.75) is 4.90 Å². The second-order valence-corrected chi connectivity index (χ2v) is 7.73. The molecule has 0 atom stereocenters. The topological polar surface area (TPSA) is 87.9 Å². The van der Waals surface area contributed by atoms with E-state index in [0.717, 1.165) is 16.7 Å². The van der Waals surface area contributed by atoms with Crippen LogP contribution in [0.25, 0.3) is 22.3 Å². The molecule has 3 aromatic rings. The third-order valence-electron chi connectivity index (χ3n) is 4.47. The average Bonchev–Trinajstić information content (AvgIpc) is 3.14. The number of primary sulfonamides is 1. The summed E-state index contributed by atoms with van der Waals surface area (Å²) in [5, 5.41) is 5.17. The molecule has 0 saturated heterocycles. The molecule has 1 heterocycles. The lowest BCUT2D eigenvalue weighted by Crippen LogP contribution is -2.11. The molecule has 2 N–H and O–H groups in total. The van der Waals surface area contributed by atoms with Gasteiger partial charge < -0.3 is 14.2 Å². The van der Waals surface area contributed by atoms with Crippen molar-refractivity contribution in [1.82, 2.24) is 0 Å². The fraction of sp³-hybridized carbons (Fsp3) is 0.100. The Morgan fingerprint density at radius 3 is 2.07 bits per heavy atom. The van der Waals surface area contributed by atoms with Crippen molar-refractivity contribution in [2.24, 2.45) is 5.14 Å². The van der Waals surface area contributed by atoms with E-state index in [1.165, 1.54) is 25.3 Å². The van der Waals surface area contributed by atoms with Gasteiger partial charge in [-0.2, -0.15) is 0 Å². The third kappa shape index (κ3) is 3.28. The van der Waals surface area contributed by atoms with Crippen LogP contribution in [-0.4, -0.2) is 22.3 Å². The van der Waals surface area contributed by atoms with Crippen LogP contribution in [0.5, 0.6) is 17.2 Å². The van der Waals surface area contributed by atoms with E-state index in [2.05, 4.69) is 0 Å². The molecule has 0 bridgehead atoms. The summed E-state index contributed by atoms with van der Waals surface area (Å²) in [6, 6.07) is 14.3. The number of methoxy groups -OCH3 is 1. The fourth-order valence-corrected chi connectivity index (χ4v) is 3.59. The summed E-state index contributed by atoms with van der Waals surface area (Å²) in [6.45, 7) is 0.106. The van der Waals surface area contributed by atoms with Crippen LogP contribution in [0.2, 0.25) is 0 Å². The normalized spacial score (nSPS) is 12.8. The first-order valence-electron chi connectivity index (χ1n) is 8.27.